The van der Waals surface area contributed by atoms with E-state index in [-0.39, 0.29) is 5.91 Å². The molecule has 0 spiro atoms. The summed E-state index contributed by atoms with van der Waals surface area (Å²) in [5.41, 5.74) is 4.31. The van der Waals surface area contributed by atoms with Crippen molar-refractivity contribution in [2.45, 2.75) is 25.7 Å². The third kappa shape index (κ3) is 2.37. The first-order valence-corrected chi connectivity index (χ1v) is 7.96. The zero-order chi connectivity index (χ0) is 16.7. The molecule has 2 aromatic carbocycles. The fourth-order valence-electron chi connectivity index (χ4n) is 3.52. The number of aliphatic carboxylic acids is 1. The van der Waals surface area contributed by atoms with Crippen LogP contribution in [0.5, 0.6) is 0 Å². The highest BCUT2D eigenvalue weighted by Gasteiger charge is 2.36. The molecule has 0 radical (unpaired) electrons. The molecule has 0 aromatic heterocycles. The van der Waals surface area contributed by atoms with E-state index in [2.05, 4.69) is 0 Å². The molecule has 2 aliphatic heterocycles. The van der Waals surface area contributed by atoms with Gasteiger partial charge >= 0.3 is 5.97 Å². The SMILES string of the molecule is O=C(O)C1c2ccccc2CCN1C(=O)c1ccc2c(c1)COC2. The Morgan fingerprint density at radius 2 is 1.83 bits per heavy atom. The lowest BCUT2D eigenvalue weighted by Crippen LogP contribution is -2.43. The molecule has 4 rings (SSSR count). The minimum Gasteiger partial charge on any atom is -0.479 e. The summed E-state index contributed by atoms with van der Waals surface area (Å²) in [6.45, 7) is 1.47. The van der Waals surface area contributed by atoms with Crippen LogP contribution in [0.1, 0.15) is 38.7 Å². The van der Waals surface area contributed by atoms with Gasteiger partial charge in [-0.1, -0.05) is 30.3 Å². The smallest absolute Gasteiger partial charge is 0.331 e. The second-order valence-corrected chi connectivity index (χ2v) is 6.16. The van der Waals surface area contributed by atoms with Crippen molar-refractivity contribution < 1.29 is 19.4 Å². The number of carbonyl (C=O) groups is 2. The zero-order valence-electron chi connectivity index (χ0n) is 13.1. The number of amides is 1. The van der Waals surface area contributed by atoms with Crippen LogP contribution < -0.4 is 0 Å². The van der Waals surface area contributed by atoms with Crippen molar-refractivity contribution in [2.24, 2.45) is 0 Å². The van der Waals surface area contributed by atoms with E-state index in [0.717, 1.165) is 16.7 Å². The van der Waals surface area contributed by atoms with Gasteiger partial charge in [-0.2, -0.15) is 0 Å². The summed E-state index contributed by atoms with van der Waals surface area (Å²) < 4.78 is 5.38. The lowest BCUT2D eigenvalue weighted by atomic mass is 9.92. The number of carbonyl (C=O) groups excluding carboxylic acids is 1. The van der Waals surface area contributed by atoms with E-state index in [1.807, 2.05) is 30.3 Å². The summed E-state index contributed by atoms with van der Waals surface area (Å²) in [7, 11) is 0. The Balaban J connectivity index is 1.70. The van der Waals surface area contributed by atoms with Crippen LogP contribution in [0.2, 0.25) is 0 Å². The Hall–Kier alpha value is -2.66. The number of benzene rings is 2. The van der Waals surface area contributed by atoms with E-state index in [1.54, 1.807) is 12.1 Å². The van der Waals surface area contributed by atoms with Gasteiger partial charge in [-0.25, -0.2) is 4.79 Å². The van der Waals surface area contributed by atoms with Gasteiger partial charge in [0.15, 0.2) is 6.04 Å². The molecule has 0 saturated carbocycles. The summed E-state index contributed by atoms with van der Waals surface area (Å²) in [5.74, 6) is -1.24. The lowest BCUT2D eigenvalue weighted by molar-refractivity contribution is -0.143. The average molecular weight is 323 g/mol. The number of hydrogen-bond acceptors (Lipinski definition) is 3. The first-order valence-electron chi connectivity index (χ1n) is 7.96. The van der Waals surface area contributed by atoms with E-state index in [4.69, 9.17) is 4.74 Å². The van der Waals surface area contributed by atoms with Crippen molar-refractivity contribution >= 4 is 11.9 Å². The van der Waals surface area contributed by atoms with Crippen LogP contribution in [0.3, 0.4) is 0 Å². The van der Waals surface area contributed by atoms with Gasteiger partial charge in [0.1, 0.15) is 0 Å². The highest BCUT2D eigenvalue weighted by atomic mass is 16.5. The molecular weight excluding hydrogens is 306 g/mol. The molecule has 1 unspecified atom stereocenters. The van der Waals surface area contributed by atoms with Gasteiger partial charge in [0.2, 0.25) is 0 Å². The zero-order valence-corrected chi connectivity index (χ0v) is 13.1. The Bertz CT molecular complexity index is 830. The second-order valence-electron chi connectivity index (χ2n) is 6.16. The molecule has 5 heteroatoms. The second kappa shape index (κ2) is 5.76. The molecule has 5 nitrogen and oxygen atoms in total. The van der Waals surface area contributed by atoms with Gasteiger partial charge in [0.05, 0.1) is 13.2 Å². The maximum atomic E-state index is 12.9. The summed E-state index contributed by atoms with van der Waals surface area (Å²) in [4.78, 5) is 26.2. The molecule has 24 heavy (non-hydrogen) atoms. The van der Waals surface area contributed by atoms with Crippen molar-refractivity contribution in [1.29, 1.82) is 0 Å². The van der Waals surface area contributed by atoms with Gasteiger partial charge in [-0.05, 0) is 40.8 Å². The predicted octanol–water partition coefficient (Wildman–Crippen LogP) is 2.54. The molecule has 122 valence electrons. The minimum atomic E-state index is -1.00. The molecule has 1 N–H and O–H groups in total. The molecule has 2 aliphatic rings. The number of carboxylic acids is 1. The predicted molar refractivity (Wildman–Crippen MR) is 86.5 cm³/mol. The fourth-order valence-corrected chi connectivity index (χ4v) is 3.52. The van der Waals surface area contributed by atoms with Gasteiger partial charge < -0.3 is 14.7 Å². The van der Waals surface area contributed by atoms with Crippen LogP contribution in [-0.4, -0.2) is 28.4 Å². The molecule has 0 saturated heterocycles. The molecule has 0 bridgehead atoms. The van der Waals surface area contributed by atoms with Crippen molar-refractivity contribution in [3.05, 3.63) is 70.3 Å². The van der Waals surface area contributed by atoms with Crippen molar-refractivity contribution in [2.75, 3.05) is 6.54 Å². The lowest BCUT2D eigenvalue weighted by Gasteiger charge is -2.34. The standard InChI is InChI=1S/C19H17NO4/c21-18(13-5-6-14-10-24-11-15(14)9-13)20-8-7-12-3-1-2-4-16(12)17(20)19(22)23/h1-6,9,17H,7-8,10-11H2,(H,22,23). The summed E-state index contributed by atoms with van der Waals surface area (Å²) in [6.07, 6.45) is 0.666. The highest BCUT2D eigenvalue weighted by Crippen LogP contribution is 2.32. The van der Waals surface area contributed by atoms with Gasteiger partial charge in [0, 0.05) is 12.1 Å². The van der Waals surface area contributed by atoms with E-state index in [0.29, 0.717) is 37.3 Å². The van der Waals surface area contributed by atoms with Crippen LogP contribution in [0.4, 0.5) is 0 Å². The fraction of sp³-hybridized carbons (Fsp3) is 0.263. The van der Waals surface area contributed by atoms with Crippen LogP contribution in [0.25, 0.3) is 0 Å². The molecule has 0 aliphatic carbocycles. The monoisotopic (exact) mass is 323 g/mol. The molecule has 2 heterocycles. The van der Waals surface area contributed by atoms with Crippen molar-refractivity contribution in [3.63, 3.8) is 0 Å². The minimum absolute atomic E-state index is 0.244. The van der Waals surface area contributed by atoms with Crippen LogP contribution in [0, 0.1) is 0 Å². The van der Waals surface area contributed by atoms with Gasteiger partial charge in [-0.3, -0.25) is 4.79 Å². The maximum absolute atomic E-state index is 12.9. The summed E-state index contributed by atoms with van der Waals surface area (Å²) in [6, 6.07) is 12.0. The summed E-state index contributed by atoms with van der Waals surface area (Å²) in [5, 5.41) is 9.69. The van der Waals surface area contributed by atoms with Gasteiger partial charge in [-0.15, -0.1) is 0 Å². The summed E-state index contributed by atoms with van der Waals surface area (Å²) >= 11 is 0. The van der Waals surface area contributed by atoms with E-state index < -0.39 is 12.0 Å². The maximum Gasteiger partial charge on any atom is 0.331 e. The Morgan fingerprint density at radius 1 is 1.04 bits per heavy atom. The molecule has 0 fully saturated rings. The number of hydrogen-bond donors (Lipinski definition) is 1. The number of fused-ring (bicyclic) bond motifs is 2. The number of carboxylic acid groups (broad SMARTS) is 1. The van der Waals surface area contributed by atoms with Gasteiger partial charge in [0.25, 0.3) is 5.91 Å². The number of rotatable bonds is 2. The topological polar surface area (TPSA) is 66.8 Å². The van der Waals surface area contributed by atoms with Crippen LogP contribution >= 0.6 is 0 Å². The Labute approximate surface area is 139 Å². The van der Waals surface area contributed by atoms with Crippen molar-refractivity contribution in [3.8, 4) is 0 Å². The molecule has 1 atom stereocenters. The number of nitrogens with zero attached hydrogens (tertiary/aromatic N) is 1. The molecule has 1 amide bonds. The van der Waals surface area contributed by atoms with Crippen LogP contribution in [0.15, 0.2) is 42.5 Å². The van der Waals surface area contributed by atoms with Crippen molar-refractivity contribution in [1.82, 2.24) is 4.90 Å². The molecular formula is C19H17NO4. The Morgan fingerprint density at radius 3 is 2.67 bits per heavy atom. The van der Waals surface area contributed by atoms with E-state index in [1.165, 1.54) is 4.90 Å². The number of ether oxygens (including phenoxy) is 1. The third-order valence-corrected chi connectivity index (χ3v) is 4.75. The van der Waals surface area contributed by atoms with E-state index in [9.17, 15) is 14.7 Å². The Kier molecular flexibility index (Phi) is 3.58. The average Bonchev–Trinajstić information content (AvgIpc) is 3.07. The first-order chi connectivity index (χ1) is 11.6. The van der Waals surface area contributed by atoms with Crippen LogP contribution in [-0.2, 0) is 29.2 Å². The largest absolute Gasteiger partial charge is 0.479 e. The third-order valence-electron chi connectivity index (χ3n) is 4.75. The van der Waals surface area contributed by atoms with E-state index >= 15 is 0 Å². The highest BCUT2D eigenvalue weighted by molar-refractivity contribution is 5.97. The molecule has 2 aromatic rings. The first kappa shape index (κ1) is 14.9. The quantitative estimate of drug-likeness (QED) is 0.922. The normalized spacial score (nSPS) is 18.8.